The number of carbonyl (C=O) groups is 2. The normalized spacial score (nSPS) is 12.0. The fourth-order valence-corrected chi connectivity index (χ4v) is 2.11. The van der Waals surface area contributed by atoms with Crippen LogP contribution in [0.3, 0.4) is 0 Å². The van der Waals surface area contributed by atoms with E-state index in [1.165, 1.54) is 30.7 Å². The van der Waals surface area contributed by atoms with Gasteiger partial charge in [0.1, 0.15) is 5.82 Å². The van der Waals surface area contributed by atoms with E-state index in [2.05, 4.69) is 5.32 Å². The Labute approximate surface area is 146 Å². The third kappa shape index (κ3) is 5.88. The summed E-state index contributed by atoms with van der Waals surface area (Å²) in [5, 5.41) is 2.69. The number of carbonyl (C=O) groups excluding carboxylic acids is 2. The highest BCUT2D eigenvalue weighted by Gasteiger charge is 2.16. The Hall–Kier alpha value is -2.95. The van der Waals surface area contributed by atoms with Crippen LogP contribution in [0.15, 0.2) is 54.6 Å². The Morgan fingerprint density at radius 1 is 1.20 bits per heavy atom. The summed E-state index contributed by atoms with van der Waals surface area (Å²) in [6.07, 6.45) is 2.56. The highest BCUT2D eigenvalue weighted by atomic mass is 19.1. The van der Waals surface area contributed by atoms with Crippen molar-refractivity contribution in [3.8, 4) is 0 Å². The molecule has 1 N–H and O–H groups in total. The molecule has 0 spiro atoms. The monoisotopic (exact) mass is 341 g/mol. The average molecular weight is 341 g/mol. The Bertz CT molecular complexity index is 769. The molecule has 0 aliphatic carbocycles. The minimum Gasteiger partial charge on any atom is -0.449 e. The smallest absolute Gasteiger partial charge is 0.331 e. The van der Waals surface area contributed by atoms with Crippen LogP contribution in [0.2, 0.25) is 0 Å². The second kappa shape index (κ2) is 8.78. The fraction of sp³-hybridized carbons (Fsp3) is 0.200. The van der Waals surface area contributed by atoms with Crippen LogP contribution in [0, 0.1) is 5.82 Å². The van der Waals surface area contributed by atoms with Crippen LogP contribution in [0.1, 0.15) is 25.0 Å². The number of anilines is 1. The quantitative estimate of drug-likeness (QED) is 0.639. The molecule has 1 unspecified atom stereocenters. The van der Waals surface area contributed by atoms with Crippen LogP contribution < -0.4 is 5.32 Å². The van der Waals surface area contributed by atoms with Gasteiger partial charge in [-0.1, -0.05) is 31.2 Å². The van der Waals surface area contributed by atoms with Gasteiger partial charge in [-0.2, -0.15) is 0 Å². The predicted octanol–water partition coefficient (Wildman–Crippen LogP) is 3.97. The van der Waals surface area contributed by atoms with Gasteiger partial charge in [-0.05, 0) is 54.8 Å². The number of amides is 1. The molecule has 0 radical (unpaired) electrons. The van der Waals surface area contributed by atoms with Gasteiger partial charge in [0, 0.05) is 11.8 Å². The Balaban J connectivity index is 1.87. The predicted molar refractivity (Wildman–Crippen MR) is 95.4 cm³/mol. The molecule has 25 heavy (non-hydrogen) atoms. The molecule has 2 aromatic rings. The SMILES string of the molecule is CCc1ccc(NC(=O)C(C)OC(=O)C=Cc2cccc(F)c2)cc1. The lowest BCUT2D eigenvalue weighted by Crippen LogP contribution is -2.29. The molecule has 1 atom stereocenters. The summed E-state index contributed by atoms with van der Waals surface area (Å²) in [5.74, 6) is -1.48. The zero-order chi connectivity index (χ0) is 18.2. The zero-order valence-corrected chi connectivity index (χ0v) is 14.2. The first-order chi connectivity index (χ1) is 12.0. The van der Waals surface area contributed by atoms with E-state index in [9.17, 15) is 14.0 Å². The van der Waals surface area contributed by atoms with E-state index in [-0.39, 0.29) is 0 Å². The van der Waals surface area contributed by atoms with E-state index in [1.807, 2.05) is 19.1 Å². The first kappa shape index (κ1) is 18.4. The van der Waals surface area contributed by atoms with Gasteiger partial charge in [0.05, 0.1) is 0 Å². The van der Waals surface area contributed by atoms with Crippen molar-refractivity contribution in [1.82, 2.24) is 0 Å². The highest BCUT2D eigenvalue weighted by Crippen LogP contribution is 2.11. The minimum atomic E-state index is -0.949. The molecular weight excluding hydrogens is 321 g/mol. The molecular formula is C20H20FNO3. The largest absolute Gasteiger partial charge is 0.449 e. The molecule has 0 aliphatic heterocycles. The van der Waals surface area contributed by atoms with Gasteiger partial charge in [-0.25, -0.2) is 9.18 Å². The van der Waals surface area contributed by atoms with Crippen LogP contribution in [-0.2, 0) is 20.7 Å². The van der Waals surface area contributed by atoms with Gasteiger partial charge in [0.2, 0.25) is 0 Å². The van der Waals surface area contributed by atoms with E-state index in [0.29, 0.717) is 11.3 Å². The molecule has 0 aliphatic rings. The van der Waals surface area contributed by atoms with Gasteiger partial charge in [-0.3, -0.25) is 4.79 Å². The summed E-state index contributed by atoms with van der Waals surface area (Å²) in [6.45, 7) is 3.54. The molecule has 1 amide bonds. The van der Waals surface area contributed by atoms with Crippen LogP contribution >= 0.6 is 0 Å². The molecule has 0 bridgehead atoms. The van der Waals surface area contributed by atoms with E-state index < -0.39 is 23.8 Å². The second-order valence-corrected chi connectivity index (χ2v) is 5.51. The summed E-state index contributed by atoms with van der Waals surface area (Å²) in [5.41, 5.74) is 2.34. The Morgan fingerprint density at radius 3 is 2.56 bits per heavy atom. The van der Waals surface area contributed by atoms with Crippen LogP contribution in [0.5, 0.6) is 0 Å². The number of esters is 1. The van der Waals surface area contributed by atoms with E-state index in [4.69, 9.17) is 4.74 Å². The van der Waals surface area contributed by atoms with Gasteiger partial charge in [0.15, 0.2) is 6.10 Å². The van der Waals surface area contributed by atoms with Crippen molar-refractivity contribution >= 4 is 23.6 Å². The maximum absolute atomic E-state index is 13.1. The Kier molecular flexibility index (Phi) is 6.46. The number of hydrogen-bond donors (Lipinski definition) is 1. The number of aryl methyl sites for hydroxylation is 1. The van der Waals surface area contributed by atoms with Gasteiger partial charge in [-0.15, -0.1) is 0 Å². The van der Waals surface area contributed by atoms with E-state index in [0.717, 1.165) is 12.5 Å². The highest BCUT2D eigenvalue weighted by molar-refractivity contribution is 5.96. The van der Waals surface area contributed by atoms with Crippen molar-refractivity contribution in [2.45, 2.75) is 26.4 Å². The topological polar surface area (TPSA) is 55.4 Å². The Morgan fingerprint density at radius 2 is 1.92 bits per heavy atom. The third-order valence-corrected chi connectivity index (χ3v) is 3.55. The van der Waals surface area contributed by atoms with Crippen molar-refractivity contribution in [3.63, 3.8) is 0 Å². The van der Waals surface area contributed by atoms with Crippen LogP contribution in [-0.4, -0.2) is 18.0 Å². The second-order valence-electron chi connectivity index (χ2n) is 5.51. The molecule has 0 heterocycles. The van der Waals surface area contributed by atoms with Gasteiger partial charge in [0.25, 0.3) is 5.91 Å². The summed E-state index contributed by atoms with van der Waals surface area (Å²) in [4.78, 5) is 23.8. The van der Waals surface area contributed by atoms with E-state index >= 15 is 0 Å². The van der Waals surface area contributed by atoms with Crippen molar-refractivity contribution in [1.29, 1.82) is 0 Å². The summed E-state index contributed by atoms with van der Waals surface area (Å²) < 4.78 is 18.1. The first-order valence-electron chi connectivity index (χ1n) is 8.02. The van der Waals surface area contributed by atoms with Crippen molar-refractivity contribution in [2.24, 2.45) is 0 Å². The number of benzene rings is 2. The summed E-state index contributed by atoms with van der Waals surface area (Å²) in [6, 6.07) is 13.3. The number of nitrogens with one attached hydrogen (secondary N) is 1. The van der Waals surface area contributed by atoms with Crippen LogP contribution in [0.25, 0.3) is 6.08 Å². The molecule has 4 nitrogen and oxygen atoms in total. The molecule has 0 aromatic heterocycles. The van der Waals surface area contributed by atoms with Crippen LogP contribution in [0.4, 0.5) is 10.1 Å². The number of hydrogen-bond acceptors (Lipinski definition) is 3. The van der Waals surface area contributed by atoms with Gasteiger partial charge < -0.3 is 10.1 Å². The molecule has 0 saturated heterocycles. The minimum absolute atomic E-state index is 0.391. The molecule has 2 rings (SSSR count). The molecule has 0 saturated carbocycles. The molecule has 130 valence electrons. The number of ether oxygens (including phenoxy) is 1. The average Bonchev–Trinajstić information content (AvgIpc) is 2.60. The molecule has 2 aromatic carbocycles. The van der Waals surface area contributed by atoms with E-state index in [1.54, 1.807) is 24.3 Å². The summed E-state index contributed by atoms with van der Waals surface area (Å²) in [7, 11) is 0. The lowest BCUT2D eigenvalue weighted by molar-refractivity contribution is -0.148. The molecule has 5 heteroatoms. The zero-order valence-electron chi connectivity index (χ0n) is 14.2. The summed E-state index contributed by atoms with van der Waals surface area (Å²) >= 11 is 0. The van der Waals surface area contributed by atoms with Crippen molar-refractivity contribution < 1.29 is 18.7 Å². The fourth-order valence-electron chi connectivity index (χ4n) is 2.11. The number of halogens is 1. The van der Waals surface area contributed by atoms with Gasteiger partial charge >= 0.3 is 5.97 Å². The van der Waals surface area contributed by atoms with Crippen molar-refractivity contribution in [3.05, 3.63) is 71.6 Å². The number of rotatable bonds is 6. The maximum Gasteiger partial charge on any atom is 0.331 e. The first-order valence-corrected chi connectivity index (χ1v) is 8.02. The standard InChI is InChI=1S/C20H20FNO3/c1-3-15-7-10-18(11-8-15)22-20(24)14(2)25-19(23)12-9-16-5-4-6-17(21)13-16/h4-14H,3H2,1-2H3,(H,22,24). The lowest BCUT2D eigenvalue weighted by Gasteiger charge is -2.12. The van der Waals surface area contributed by atoms with Crippen molar-refractivity contribution in [2.75, 3.05) is 5.32 Å². The third-order valence-electron chi connectivity index (χ3n) is 3.55. The lowest BCUT2D eigenvalue weighted by atomic mass is 10.1. The molecule has 0 fully saturated rings. The maximum atomic E-state index is 13.1.